The highest BCUT2D eigenvalue weighted by atomic mass is 79.9. The Hall–Kier alpha value is -2.73. The molecule has 2 heterocycles. The number of benzene rings is 2. The number of carbonyl (C=O) groups is 1. The summed E-state index contributed by atoms with van der Waals surface area (Å²) in [5.41, 5.74) is 3.14. The predicted molar refractivity (Wildman–Crippen MR) is 104 cm³/mol. The van der Waals surface area contributed by atoms with Gasteiger partial charge in [-0.2, -0.15) is 5.10 Å². The Morgan fingerprint density at radius 2 is 1.77 bits per heavy atom. The quantitative estimate of drug-likeness (QED) is 0.699. The monoisotopic (exact) mass is 409 g/mol. The first-order valence-electron chi connectivity index (χ1n) is 8.36. The molecule has 0 radical (unpaired) electrons. The van der Waals surface area contributed by atoms with Crippen LogP contribution in [-0.2, 0) is 11.2 Å². The Bertz CT molecular complexity index is 1030. The van der Waals surface area contributed by atoms with E-state index in [9.17, 15) is 9.59 Å². The van der Waals surface area contributed by atoms with Crippen LogP contribution in [0.3, 0.4) is 0 Å². The summed E-state index contributed by atoms with van der Waals surface area (Å²) in [5.74, 6) is -0.211. The molecule has 1 N–H and O–H groups in total. The average molecular weight is 410 g/mol. The molecule has 0 fully saturated rings. The Labute approximate surface area is 158 Å². The lowest BCUT2D eigenvalue weighted by Crippen LogP contribution is -2.34. The van der Waals surface area contributed by atoms with Gasteiger partial charge in [-0.3, -0.25) is 9.59 Å². The Morgan fingerprint density at radius 3 is 2.58 bits per heavy atom. The van der Waals surface area contributed by atoms with E-state index in [0.29, 0.717) is 18.5 Å². The zero-order valence-electron chi connectivity index (χ0n) is 13.9. The highest BCUT2D eigenvalue weighted by Gasteiger charge is 2.26. The van der Waals surface area contributed by atoms with Gasteiger partial charge in [0, 0.05) is 21.8 Å². The summed E-state index contributed by atoms with van der Waals surface area (Å²) in [6.45, 7) is 0. The van der Waals surface area contributed by atoms with E-state index in [2.05, 4.69) is 26.3 Å². The van der Waals surface area contributed by atoms with Crippen LogP contribution < -0.4 is 10.9 Å². The molecule has 0 saturated carbocycles. The van der Waals surface area contributed by atoms with Gasteiger partial charge < -0.3 is 5.32 Å². The summed E-state index contributed by atoms with van der Waals surface area (Å²) in [6.07, 6.45) is 1.23. The third-order valence-electron chi connectivity index (χ3n) is 4.53. The minimum absolute atomic E-state index is 0.211. The van der Waals surface area contributed by atoms with Gasteiger partial charge in [0.2, 0.25) is 5.91 Å². The third-order valence-corrected chi connectivity index (χ3v) is 5.05. The molecule has 5 nitrogen and oxygen atoms in total. The minimum atomic E-state index is -0.634. The van der Waals surface area contributed by atoms with Crippen LogP contribution in [0.1, 0.15) is 18.0 Å². The number of hydrogen-bond acceptors (Lipinski definition) is 3. The number of amides is 1. The van der Waals surface area contributed by atoms with Gasteiger partial charge in [0.05, 0.1) is 5.69 Å². The molecule has 6 heteroatoms. The number of nitrogens with zero attached hydrogens (tertiary/aromatic N) is 2. The highest BCUT2D eigenvalue weighted by molar-refractivity contribution is 9.10. The van der Waals surface area contributed by atoms with E-state index < -0.39 is 6.04 Å². The molecule has 1 unspecified atom stereocenters. The fourth-order valence-electron chi connectivity index (χ4n) is 3.16. The maximum atomic E-state index is 12.7. The number of hydrogen-bond donors (Lipinski definition) is 1. The van der Waals surface area contributed by atoms with Crippen LogP contribution in [-0.4, -0.2) is 15.7 Å². The normalized spacial score (nSPS) is 16.5. The lowest BCUT2D eigenvalue weighted by Gasteiger charge is -2.16. The van der Waals surface area contributed by atoms with Crippen molar-refractivity contribution in [3.8, 4) is 11.3 Å². The number of fused-ring (bicyclic) bond motifs is 1. The van der Waals surface area contributed by atoms with Crippen molar-refractivity contribution in [2.75, 3.05) is 5.32 Å². The van der Waals surface area contributed by atoms with Gasteiger partial charge in [-0.1, -0.05) is 46.3 Å². The minimum Gasteiger partial charge on any atom is -0.324 e. The number of carbonyl (C=O) groups excluding carboxylic acids is 1. The van der Waals surface area contributed by atoms with E-state index in [4.69, 9.17) is 0 Å². The Morgan fingerprint density at radius 1 is 1.00 bits per heavy atom. The molecule has 0 bridgehead atoms. The molecule has 1 aliphatic heterocycles. The molecule has 0 saturated heterocycles. The number of para-hydroxylation sites is 1. The van der Waals surface area contributed by atoms with Gasteiger partial charge in [0.1, 0.15) is 6.04 Å². The number of aromatic nitrogens is 2. The zero-order chi connectivity index (χ0) is 18.1. The molecular weight excluding hydrogens is 394 g/mol. The molecule has 1 aromatic heterocycles. The van der Waals surface area contributed by atoms with Crippen molar-refractivity contribution in [1.82, 2.24) is 9.78 Å². The van der Waals surface area contributed by atoms with Crippen molar-refractivity contribution in [2.24, 2.45) is 0 Å². The van der Waals surface area contributed by atoms with Crippen LogP contribution in [0.2, 0.25) is 0 Å². The molecule has 0 spiro atoms. The molecular formula is C20H16BrN3O2. The lowest BCUT2D eigenvalue weighted by atomic mass is 10.1. The van der Waals surface area contributed by atoms with Crippen molar-refractivity contribution in [3.63, 3.8) is 0 Å². The van der Waals surface area contributed by atoms with Crippen LogP contribution >= 0.6 is 15.9 Å². The van der Waals surface area contributed by atoms with Gasteiger partial charge in [-0.05, 0) is 42.7 Å². The van der Waals surface area contributed by atoms with Crippen molar-refractivity contribution < 1.29 is 4.79 Å². The number of anilines is 1. The smallest absolute Gasteiger partial charge is 0.267 e. The number of aryl methyl sites for hydroxylation is 1. The van der Waals surface area contributed by atoms with Gasteiger partial charge in [0.15, 0.2) is 0 Å². The van der Waals surface area contributed by atoms with Crippen LogP contribution in [0, 0.1) is 0 Å². The van der Waals surface area contributed by atoms with Gasteiger partial charge in [-0.15, -0.1) is 0 Å². The molecule has 26 heavy (non-hydrogen) atoms. The van der Waals surface area contributed by atoms with E-state index in [1.807, 2.05) is 48.5 Å². The van der Waals surface area contributed by atoms with Gasteiger partial charge in [-0.25, -0.2) is 4.68 Å². The van der Waals surface area contributed by atoms with Crippen molar-refractivity contribution in [2.45, 2.75) is 18.9 Å². The topological polar surface area (TPSA) is 64.0 Å². The molecule has 130 valence electrons. The van der Waals surface area contributed by atoms with Crippen molar-refractivity contribution in [3.05, 3.63) is 81.1 Å². The van der Waals surface area contributed by atoms with Crippen molar-refractivity contribution in [1.29, 1.82) is 0 Å². The second-order valence-corrected chi connectivity index (χ2v) is 7.12. The fraction of sp³-hybridized carbons (Fsp3) is 0.150. The summed E-state index contributed by atoms with van der Waals surface area (Å²) in [4.78, 5) is 25.1. The van der Waals surface area contributed by atoms with Crippen LogP contribution in [0.4, 0.5) is 5.69 Å². The summed E-state index contributed by atoms with van der Waals surface area (Å²) in [7, 11) is 0. The molecule has 4 rings (SSSR count). The first-order chi connectivity index (χ1) is 12.6. The lowest BCUT2D eigenvalue weighted by molar-refractivity contribution is -0.119. The summed E-state index contributed by atoms with van der Waals surface area (Å²) >= 11 is 3.41. The van der Waals surface area contributed by atoms with E-state index in [1.165, 1.54) is 10.7 Å². The summed E-state index contributed by atoms with van der Waals surface area (Å²) in [6, 6.07) is 17.9. The molecule has 0 aliphatic carbocycles. The third kappa shape index (κ3) is 3.20. The average Bonchev–Trinajstić information content (AvgIpc) is 2.81. The summed E-state index contributed by atoms with van der Waals surface area (Å²) < 4.78 is 2.27. The van der Waals surface area contributed by atoms with Crippen LogP contribution in [0.25, 0.3) is 11.3 Å². The van der Waals surface area contributed by atoms with E-state index in [-0.39, 0.29) is 11.5 Å². The maximum absolute atomic E-state index is 12.7. The maximum Gasteiger partial charge on any atom is 0.267 e. The largest absolute Gasteiger partial charge is 0.324 e. The second-order valence-electron chi connectivity index (χ2n) is 6.21. The van der Waals surface area contributed by atoms with Crippen LogP contribution in [0.15, 0.2) is 69.9 Å². The molecule has 3 aromatic rings. The van der Waals surface area contributed by atoms with Crippen LogP contribution in [0.5, 0.6) is 0 Å². The molecule has 1 amide bonds. The number of nitrogens with one attached hydrogen (secondary N) is 1. The SMILES string of the molecule is O=C1Nc2ccccc2CCC1n1nc(-c2ccc(Br)cc2)ccc1=O. The Balaban J connectivity index is 1.71. The fourth-order valence-corrected chi connectivity index (χ4v) is 3.42. The zero-order valence-corrected chi connectivity index (χ0v) is 15.4. The van der Waals surface area contributed by atoms with E-state index in [0.717, 1.165) is 21.3 Å². The van der Waals surface area contributed by atoms with E-state index in [1.54, 1.807) is 6.07 Å². The number of halogens is 1. The number of rotatable bonds is 2. The van der Waals surface area contributed by atoms with Crippen molar-refractivity contribution >= 4 is 27.5 Å². The van der Waals surface area contributed by atoms with Gasteiger partial charge >= 0.3 is 0 Å². The van der Waals surface area contributed by atoms with Gasteiger partial charge in [0.25, 0.3) is 5.56 Å². The Kier molecular flexibility index (Phi) is 4.42. The molecule has 1 aliphatic rings. The molecule has 1 atom stereocenters. The molecule has 2 aromatic carbocycles. The first-order valence-corrected chi connectivity index (χ1v) is 9.16. The van der Waals surface area contributed by atoms with E-state index >= 15 is 0 Å². The second kappa shape index (κ2) is 6.88. The standard InChI is InChI=1S/C20H16BrN3O2/c21-15-8-5-14(6-9-15)17-10-12-19(25)24(23-17)18-11-7-13-3-1-2-4-16(13)22-20(18)26/h1-6,8-10,12,18H,7,11H2,(H,22,26). The first kappa shape index (κ1) is 16.7. The summed E-state index contributed by atoms with van der Waals surface area (Å²) in [5, 5.41) is 7.40. The predicted octanol–water partition coefficient (Wildman–Crippen LogP) is 3.80. The highest BCUT2D eigenvalue weighted by Crippen LogP contribution is 2.26.